The fraction of sp³-hybridized carbons (Fsp3) is 0.542. The number of rotatable bonds is 13. The standard InChI is InChI=1S/C24H35N3O4S/c1-15(2)19(25-4)13-21(31-5)23-27-20(14-32-23)22(28)26-18(11-16(3)24(29)30)12-17-9-7-6-8-10-17/h6-10,14-16,18-19,21,25H,11-13H2,1-5H3,(H,26,28)(H,29,30)/t16?,18?,19-,21-/m1/s1. The summed E-state index contributed by atoms with van der Waals surface area (Å²) in [5.74, 6) is -1.30. The summed E-state index contributed by atoms with van der Waals surface area (Å²) in [6.07, 6.45) is 1.45. The molecule has 0 bridgehead atoms. The van der Waals surface area contributed by atoms with E-state index in [2.05, 4.69) is 29.5 Å². The lowest BCUT2D eigenvalue weighted by atomic mass is 9.96. The lowest BCUT2D eigenvalue weighted by molar-refractivity contribution is -0.141. The Morgan fingerprint density at radius 3 is 2.41 bits per heavy atom. The van der Waals surface area contributed by atoms with Crippen molar-refractivity contribution in [1.82, 2.24) is 15.6 Å². The van der Waals surface area contributed by atoms with Gasteiger partial charge in [0.05, 0.1) is 5.92 Å². The number of thiazole rings is 1. The third-order valence-electron chi connectivity index (χ3n) is 5.68. The smallest absolute Gasteiger partial charge is 0.306 e. The van der Waals surface area contributed by atoms with Crippen LogP contribution in [-0.4, -0.2) is 48.2 Å². The second kappa shape index (κ2) is 12.7. The Morgan fingerprint density at radius 2 is 1.84 bits per heavy atom. The monoisotopic (exact) mass is 461 g/mol. The molecule has 4 atom stereocenters. The van der Waals surface area contributed by atoms with E-state index in [0.29, 0.717) is 24.5 Å². The van der Waals surface area contributed by atoms with E-state index in [0.717, 1.165) is 17.0 Å². The first-order chi connectivity index (χ1) is 15.2. The first kappa shape index (κ1) is 26.0. The van der Waals surface area contributed by atoms with Gasteiger partial charge in [0.1, 0.15) is 16.8 Å². The molecule has 1 heterocycles. The average molecular weight is 462 g/mol. The van der Waals surface area contributed by atoms with Crippen molar-refractivity contribution in [2.75, 3.05) is 14.2 Å². The van der Waals surface area contributed by atoms with Crippen LogP contribution in [0.5, 0.6) is 0 Å². The predicted octanol–water partition coefficient (Wildman–Crippen LogP) is 3.92. The highest BCUT2D eigenvalue weighted by atomic mass is 32.1. The van der Waals surface area contributed by atoms with Gasteiger partial charge >= 0.3 is 5.97 Å². The molecule has 2 aromatic rings. The van der Waals surface area contributed by atoms with Crippen molar-refractivity contribution in [2.45, 2.75) is 58.2 Å². The highest BCUT2D eigenvalue weighted by Crippen LogP contribution is 2.27. The number of amides is 1. The summed E-state index contributed by atoms with van der Waals surface area (Å²) in [5.41, 5.74) is 1.37. The third kappa shape index (κ3) is 7.69. The number of aromatic nitrogens is 1. The van der Waals surface area contributed by atoms with Crippen LogP contribution < -0.4 is 10.6 Å². The van der Waals surface area contributed by atoms with Crippen LogP contribution in [0, 0.1) is 11.8 Å². The summed E-state index contributed by atoms with van der Waals surface area (Å²) in [6, 6.07) is 9.70. The van der Waals surface area contributed by atoms with Gasteiger partial charge in [-0.15, -0.1) is 11.3 Å². The number of benzene rings is 1. The maximum Gasteiger partial charge on any atom is 0.306 e. The fourth-order valence-electron chi connectivity index (χ4n) is 3.67. The van der Waals surface area contributed by atoms with Crippen LogP contribution in [0.1, 0.15) is 60.8 Å². The van der Waals surface area contributed by atoms with E-state index in [4.69, 9.17) is 4.74 Å². The van der Waals surface area contributed by atoms with Crippen molar-refractivity contribution in [3.63, 3.8) is 0 Å². The average Bonchev–Trinajstić information content (AvgIpc) is 3.25. The van der Waals surface area contributed by atoms with Crippen LogP contribution in [0.15, 0.2) is 35.7 Å². The Kier molecular flexibility index (Phi) is 10.3. The minimum atomic E-state index is -0.875. The number of nitrogens with zero attached hydrogens (tertiary/aromatic N) is 1. The van der Waals surface area contributed by atoms with Crippen molar-refractivity contribution >= 4 is 23.2 Å². The van der Waals surface area contributed by atoms with E-state index < -0.39 is 11.9 Å². The van der Waals surface area contributed by atoms with Crippen LogP contribution in [-0.2, 0) is 16.0 Å². The summed E-state index contributed by atoms with van der Waals surface area (Å²) in [6.45, 7) is 5.96. The van der Waals surface area contributed by atoms with E-state index in [-0.39, 0.29) is 24.1 Å². The van der Waals surface area contributed by atoms with Gasteiger partial charge in [-0.3, -0.25) is 9.59 Å². The van der Waals surface area contributed by atoms with Gasteiger partial charge in [-0.05, 0) is 37.8 Å². The normalized spacial score (nSPS) is 15.2. The minimum absolute atomic E-state index is 0.200. The zero-order chi connectivity index (χ0) is 23.7. The second-order valence-corrected chi connectivity index (χ2v) is 9.39. The SMILES string of the molecule is CN[C@H](C[C@@H](OC)c1nc(C(=O)NC(Cc2ccccc2)CC(C)C(=O)O)cs1)C(C)C. The molecule has 0 aliphatic carbocycles. The van der Waals surface area contributed by atoms with E-state index in [9.17, 15) is 14.7 Å². The molecule has 0 saturated heterocycles. The number of methoxy groups -OCH3 is 1. The van der Waals surface area contributed by atoms with E-state index in [1.165, 1.54) is 11.3 Å². The topological polar surface area (TPSA) is 101 Å². The van der Waals surface area contributed by atoms with Crippen LogP contribution in [0.3, 0.4) is 0 Å². The fourth-order valence-corrected chi connectivity index (χ4v) is 4.56. The molecule has 1 aromatic heterocycles. The van der Waals surface area contributed by atoms with Crippen LogP contribution in [0.4, 0.5) is 0 Å². The lowest BCUT2D eigenvalue weighted by Crippen LogP contribution is -2.38. The summed E-state index contributed by atoms with van der Waals surface area (Å²) in [4.78, 5) is 28.9. The Bertz CT molecular complexity index is 856. The van der Waals surface area contributed by atoms with E-state index in [1.54, 1.807) is 19.4 Å². The Hall–Kier alpha value is -2.29. The predicted molar refractivity (Wildman–Crippen MR) is 127 cm³/mol. The number of nitrogens with one attached hydrogen (secondary N) is 2. The summed E-state index contributed by atoms with van der Waals surface area (Å²) < 4.78 is 5.66. The highest BCUT2D eigenvalue weighted by Gasteiger charge is 2.25. The molecule has 176 valence electrons. The van der Waals surface area contributed by atoms with Gasteiger partial charge in [-0.25, -0.2) is 4.98 Å². The van der Waals surface area contributed by atoms with Crippen LogP contribution in [0.25, 0.3) is 0 Å². The Labute approximate surface area is 194 Å². The highest BCUT2D eigenvalue weighted by molar-refractivity contribution is 7.09. The molecule has 0 saturated carbocycles. The van der Waals surface area contributed by atoms with E-state index >= 15 is 0 Å². The number of hydrogen-bond donors (Lipinski definition) is 3. The van der Waals surface area contributed by atoms with Gasteiger partial charge in [0.15, 0.2) is 0 Å². The van der Waals surface area contributed by atoms with Crippen LogP contribution in [0.2, 0.25) is 0 Å². The first-order valence-electron chi connectivity index (χ1n) is 11.0. The quantitative estimate of drug-likeness (QED) is 0.418. The van der Waals surface area contributed by atoms with Gasteiger partial charge < -0.3 is 20.5 Å². The molecule has 3 N–H and O–H groups in total. The van der Waals surface area contributed by atoms with Crippen LogP contribution >= 0.6 is 11.3 Å². The number of carboxylic acids is 1. The zero-order valence-corrected chi connectivity index (χ0v) is 20.3. The van der Waals surface area contributed by atoms with Crippen molar-refractivity contribution in [2.24, 2.45) is 11.8 Å². The Balaban J connectivity index is 2.11. The van der Waals surface area contributed by atoms with Gasteiger partial charge in [0, 0.05) is 24.6 Å². The molecule has 8 heteroatoms. The maximum absolute atomic E-state index is 12.9. The number of carboxylic acid groups (broad SMARTS) is 1. The van der Waals surface area contributed by atoms with E-state index in [1.807, 2.05) is 37.4 Å². The molecule has 32 heavy (non-hydrogen) atoms. The van der Waals surface area contributed by atoms with Gasteiger partial charge in [0.25, 0.3) is 5.91 Å². The minimum Gasteiger partial charge on any atom is -0.481 e. The molecule has 2 unspecified atom stereocenters. The molecule has 0 fully saturated rings. The number of hydrogen-bond acceptors (Lipinski definition) is 6. The molecule has 1 amide bonds. The molecule has 0 aliphatic rings. The number of carbonyl (C=O) groups is 2. The van der Waals surface area contributed by atoms with Gasteiger partial charge in [-0.2, -0.15) is 0 Å². The summed E-state index contributed by atoms with van der Waals surface area (Å²) >= 11 is 1.41. The molecule has 0 spiro atoms. The first-order valence-corrected chi connectivity index (χ1v) is 11.9. The second-order valence-electron chi connectivity index (χ2n) is 8.51. The number of carbonyl (C=O) groups excluding carboxylic acids is 1. The van der Waals surface area contributed by atoms with Crippen molar-refractivity contribution in [3.05, 3.63) is 52.0 Å². The lowest BCUT2D eigenvalue weighted by Gasteiger charge is -2.24. The Morgan fingerprint density at radius 1 is 1.16 bits per heavy atom. The summed E-state index contributed by atoms with van der Waals surface area (Å²) in [5, 5.41) is 18.1. The number of ether oxygens (including phenoxy) is 1. The molecule has 7 nitrogen and oxygen atoms in total. The molecular formula is C24H35N3O4S. The molecule has 2 rings (SSSR count). The summed E-state index contributed by atoms with van der Waals surface area (Å²) in [7, 11) is 3.59. The zero-order valence-electron chi connectivity index (χ0n) is 19.5. The van der Waals surface area contributed by atoms with Crippen molar-refractivity contribution in [1.29, 1.82) is 0 Å². The number of aliphatic carboxylic acids is 1. The largest absolute Gasteiger partial charge is 0.481 e. The van der Waals surface area contributed by atoms with Crippen molar-refractivity contribution in [3.8, 4) is 0 Å². The molecular weight excluding hydrogens is 426 g/mol. The van der Waals surface area contributed by atoms with Gasteiger partial charge in [-0.1, -0.05) is 51.1 Å². The molecule has 0 radical (unpaired) electrons. The van der Waals surface area contributed by atoms with Crippen molar-refractivity contribution < 1.29 is 19.4 Å². The molecule has 0 aliphatic heterocycles. The maximum atomic E-state index is 12.9. The van der Waals surface area contributed by atoms with Gasteiger partial charge in [0.2, 0.25) is 0 Å². The third-order valence-corrected chi connectivity index (χ3v) is 6.61. The molecule has 1 aromatic carbocycles.